The lowest BCUT2D eigenvalue weighted by molar-refractivity contribution is 0.102. The number of anilines is 1. The van der Waals surface area contributed by atoms with Gasteiger partial charge in [-0.3, -0.25) is 10.1 Å². The maximum Gasteiger partial charge on any atom is 0.349 e. The summed E-state index contributed by atoms with van der Waals surface area (Å²) in [5, 5.41) is 3.81. The lowest BCUT2D eigenvalue weighted by Gasteiger charge is -2.02. The molecule has 0 radical (unpaired) electrons. The van der Waals surface area contributed by atoms with Gasteiger partial charge in [0.15, 0.2) is 5.13 Å². The number of benzene rings is 2. The van der Waals surface area contributed by atoms with Crippen molar-refractivity contribution < 1.29 is 9.21 Å². The van der Waals surface area contributed by atoms with Gasteiger partial charge in [0.1, 0.15) is 11.1 Å². The second-order valence-electron chi connectivity index (χ2n) is 4.93. The third-order valence-corrected chi connectivity index (χ3v) is 4.35. The molecule has 5 nitrogen and oxygen atoms in total. The van der Waals surface area contributed by atoms with Gasteiger partial charge in [-0.25, -0.2) is 9.78 Å². The van der Waals surface area contributed by atoms with Gasteiger partial charge in [0.2, 0.25) is 0 Å². The molecule has 2 heterocycles. The average molecular weight is 322 g/mol. The Labute approximate surface area is 134 Å². The van der Waals surface area contributed by atoms with Crippen molar-refractivity contribution in [2.45, 2.75) is 0 Å². The lowest BCUT2D eigenvalue weighted by Crippen LogP contribution is -2.20. The Morgan fingerprint density at radius 3 is 2.74 bits per heavy atom. The lowest BCUT2D eigenvalue weighted by atomic mass is 10.2. The van der Waals surface area contributed by atoms with E-state index in [4.69, 9.17) is 4.42 Å². The number of amides is 1. The summed E-state index contributed by atoms with van der Waals surface area (Å²) in [5.74, 6) is -0.524. The second-order valence-corrected chi connectivity index (χ2v) is 5.96. The first-order valence-corrected chi connectivity index (χ1v) is 7.72. The number of hydrogen-bond donors (Lipinski definition) is 1. The number of carbonyl (C=O) groups excluding carboxylic acids is 1. The van der Waals surface area contributed by atoms with Crippen LogP contribution >= 0.6 is 11.3 Å². The maximum atomic E-state index is 12.4. The highest BCUT2D eigenvalue weighted by Crippen LogP contribution is 2.25. The molecule has 0 bridgehead atoms. The summed E-state index contributed by atoms with van der Waals surface area (Å²) < 4.78 is 6.14. The van der Waals surface area contributed by atoms with Crippen molar-refractivity contribution in [2.75, 3.05) is 5.32 Å². The van der Waals surface area contributed by atoms with Gasteiger partial charge in [0.05, 0.1) is 10.2 Å². The van der Waals surface area contributed by atoms with Gasteiger partial charge in [-0.05, 0) is 24.3 Å². The first kappa shape index (κ1) is 13.7. The fourth-order valence-corrected chi connectivity index (χ4v) is 3.17. The van der Waals surface area contributed by atoms with Crippen LogP contribution in [0.25, 0.3) is 21.2 Å². The number of para-hydroxylation sites is 2. The van der Waals surface area contributed by atoms with Crippen molar-refractivity contribution in [1.82, 2.24) is 4.98 Å². The van der Waals surface area contributed by atoms with E-state index < -0.39 is 11.5 Å². The molecular weight excluding hydrogens is 312 g/mol. The quantitative estimate of drug-likeness (QED) is 0.572. The zero-order valence-electron chi connectivity index (χ0n) is 11.8. The van der Waals surface area contributed by atoms with E-state index in [-0.39, 0.29) is 5.56 Å². The monoisotopic (exact) mass is 322 g/mol. The van der Waals surface area contributed by atoms with E-state index in [0.717, 1.165) is 10.2 Å². The predicted octanol–water partition coefficient (Wildman–Crippen LogP) is 3.66. The van der Waals surface area contributed by atoms with Crippen molar-refractivity contribution in [3.63, 3.8) is 0 Å². The largest absolute Gasteiger partial charge is 0.422 e. The number of carbonyl (C=O) groups is 1. The van der Waals surface area contributed by atoms with E-state index in [1.54, 1.807) is 18.2 Å². The van der Waals surface area contributed by atoms with E-state index >= 15 is 0 Å². The number of aromatic nitrogens is 1. The number of rotatable bonds is 2. The molecule has 0 saturated heterocycles. The van der Waals surface area contributed by atoms with Crippen molar-refractivity contribution in [3.8, 4) is 0 Å². The minimum absolute atomic E-state index is 0.0389. The summed E-state index contributed by atoms with van der Waals surface area (Å²) in [6.07, 6.45) is 0. The summed E-state index contributed by atoms with van der Waals surface area (Å²) >= 11 is 1.35. The summed E-state index contributed by atoms with van der Waals surface area (Å²) in [6, 6.07) is 16.2. The van der Waals surface area contributed by atoms with Gasteiger partial charge in [-0.15, -0.1) is 0 Å². The van der Waals surface area contributed by atoms with Crippen LogP contribution in [-0.4, -0.2) is 10.9 Å². The maximum absolute atomic E-state index is 12.4. The highest BCUT2D eigenvalue weighted by atomic mass is 32.1. The Morgan fingerprint density at radius 1 is 1.09 bits per heavy atom. The molecule has 2 aromatic carbocycles. The molecule has 0 spiro atoms. The van der Waals surface area contributed by atoms with Crippen LogP contribution in [0.3, 0.4) is 0 Å². The van der Waals surface area contributed by atoms with Crippen LogP contribution in [0.15, 0.2) is 63.8 Å². The number of fused-ring (bicyclic) bond motifs is 2. The predicted molar refractivity (Wildman–Crippen MR) is 90.1 cm³/mol. The van der Waals surface area contributed by atoms with Gasteiger partial charge in [0.25, 0.3) is 5.91 Å². The third kappa shape index (κ3) is 2.49. The molecule has 6 heteroatoms. The first-order chi connectivity index (χ1) is 11.2. The molecule has 4 rings (SSSR count). The van der Waals surface area contributed by atoms with Gasteiger partial charge in [-0.2, -0.15) is 0 Å². The number of nitrogens with zero attached hydrogens (tertiary/aromatic N) is 1. The molecule has 4 aromatic rings. The number of hydrogen-bond acceptors (Lipinski definition) is 5. The third-order valence-electron chi connectivity index (χ3n) is 3.40. The molecular formula is C17H10N2O3S. The molecule has 2 aromatic heterocycles. The van der Waals surface area contributed by atoms with Gasteiger partial charge in [0, 0.05) is 5.39 Å². The number of nitrogens with one attached hydrogen (secondary N) is 1. The Morgan fingerprint density at radius 2 is 1.87 bits per heavy atom. The van der Waals surface area contributed by atoms with E-state index in [2.05, 4.69) is 10.3 Å². The van der Waals surface area contributed by atoms with E-state index in [9.17, 15) is 9.59 Å². The Kier molecular flexibility index (Phi) is 3.17. The summed E-state index contributed by atoms with van der Waals surface area (Å²) in [6.45, 7) is 0. The van der Waals surface area contributed by atoms with Crippen molar-refractivity contribution >= 4 is 43.6 Å². The first-order valence-electron chi connectivity index (χ1n) is 6.90. The van der Waals surface area contributed by atoms with E-state index in [1.807, 2.05) is 30.3 Å². The molecule has 112 valence electrons. The molecule has 0 fully saturated rings. The summed E-state index contributed by atoms with van der Waals surface area (Å²) in [4.78, 5) is 28.7. The Balaban J connectivity index is 1.71. The van der Waals surface area contributed by atoms with Crippen LogP contribution in [0.4, 0.5) is 5.13 Å². The smallest absolute Gasteiger partial charge is 0.349 e. The molecule has 0 aliphatic carbocycles. The van der Waals surface area contributed by atoms with Crippen LogP contribution in [0.2, 0.25) is 0 Å². The Hall–Kier alpha value is -2.99. The van der Waals surface area contributed by atoms with E-state index in [0.29, 0.717) is 16.1 Å². The van der Waals surface area contributed by atoms with Crippen molar-refractivity contribution in [3.05, 3.63) is 70.6 Å². The molecule has 0 aliphatic heterocycles. The molecule has 0 atom stereocenters. The zero-order valence-corrected chi connectivity index (χ0v) is 12.6. The van der Waals surface area contributed by atoms with Crippen LogP contribution < -0.4 is 10.9 Å². The zero-order chi connectivity index (χ0) is 15.8. The normalized spacial score (nSPS) is 11.0. The minimum atomic E-state index is -0.665. The molecule has 0 aliphatic rings. The average Bonchev–Trinajstić information content (AvgIpc) is 2.96. The molecule has 23 heavy (non-hydrogen) atoms. The molecule has 0 saturated carbocycles. The van der Waals surface area contributed by atoms with Crippen LogP contribution in [0.1, 0.15) is 10.4 Å². The standard InChI is InChI=1S/C17H10N2O3S/c20-15(19-17-18-12-6-2-4-8-14(12)23-17)11-9-10-5-1-3-7-13(10)22-16(11)21/h1-9H,(H,18,19,20). The highest BCUT2D eigenvalue weighted by molar-refractivity contribution is 7.22. The SMILES string of the molecule is O=C(Nc1nc2ccccc2s1)c1cc2ccccc2oc1=O. The van der Waals surface area contributed by atoms with Crippen LogP contribution in [0, 0.1) is 0 Å². The summed E-state index contributed by atoms with van der Waals surface area (Å²) in [7, 11) is 0. The summed E-state index contributed by atoms with van der Waals surface area (Å²) in [5.41, 5.74) is 0.553. The van der Waals surface area contributed by atoms with Gasteiger partial charge < -0.3 is 4.42 Å². The topological polar surface area (TPSA) is 72.2 Å². The van der Waals surface area contributed by atoms with Gasteiger partial charge >= 0.3 is 5.63 Å². The van der Waals surface area contributed by atoms with Gasteiger partial charge in [-0.1, -0.05) is 41.7 Å². The van der Waals surface area contributed by atoms with Crippen LogP contribution in [0.5, 0.6) is 0 Å². The number of thiazole rings is 1. The Bertz CT molecular complexity index is 1060. The highest BCUT2D eigenvalue weighted by Gasteiger charge is 2.15. The van der Waals surface area contributed by atoms with Crippen LogP contribution in [-0.2, 0) is 0 Å². The molecule has 1 N–H and O–H groups in total. The van der Waals surface area contributed by atoms with Crippen molar-refractivity contribution in [2.24, 2.45) is 0 Å². The molecule has 0 unspecified atom stereocenters. The molecule has 1 amide bonds. The fraction of sp³-hybridized carbons (Fsp3) is 0. The minimum Gasteiger partial charge on any atom is -0.422 e. The fourth-order valence-electron chi connectivity index (χ4n) is 2.31. The van der Waals surface area contributed by atoms with Crippen molar-refractivity contribution in [1.29, 1.82) is 0 Å². The van der Waals surface area contributed by atoms with E-state index in [1.165, 1.54) is 17.4 Å². The second kappa shape index (κ2) is 5.33.